The fourth-order valence-corrected chi connectivity index (χ4v) is 1.19. The first-order valence-electron chi connectivity index (χ1n) is 5.49. The van der Waals surface area contributed by atoms with Gasteiger partial charge in [-0.1, -0.05) is 6.92 Å². The van der Waals surface area contributed by atoms with Crippen LogP contribution in [0.15, 0.2) is 0 Å². The minimum atomic E-state index is -0.459. The molecule has 15 heavy (non-hydrogen) atoms. The Morgan fingerprint density at radius 1 is 1.47 bits per heavy atom. The SMILES string of the molecule is CCC(CCCO)NC(=O)OC(C)(C)C. The van der Waals surface area contributed by atoms with Crippen LogP contribution in [0.3, 0.4) is 0 Å². The van der Waals surface area contributed by atoms with Crippen LogP contribution in [0.25, 0.3) is 0 Å². The van der Waals surface area contributed by atoms with E-state index < -0.39 is 5.60 Å². The van der Waals surface area contributed by atoms with E-state index in [2.05, 4.69) is 5.32 Å². The Bertz CT molecular complexity index is 187. The van der Waals surface area contributed by atoms with Crippen LogP contribution < -0.4 is 5.32 Å². The number of aliphatic hydroxyl groups is 1. The highest BCUT2D eigenvalue weighted by atomic mass is 16.6. The van der Waals surface area contributed by atoms with Crippen LogP contribution >= 0.6 is 0 Å². The van der Waals surface area contributed by atoms with E-state index in [1.54, 1.807) is 0 Å². The van der Waals surface area contributed by atoms with E-state index in [0.29, 0.717) is 6.42 Å². The lowest BCUT2D eigenvalue weighted by Crippen LogP contribution is -2.38. The third-order valence-electron chi connectivity index (χ3n) is 1.92. The summed E-state index contributed by atoms with van der Waals surface area (Å²) in [7, 11) is 0. The summed E-state index contributed by atoms with van der Waals surface area (Å²) in [6, 6.07) is 0.0898. The number of ether oxygens (including phenoxy) is 1. The number of hydrogen-bond acceptors (Lipinski definition) is 3. The first-order valence-corrected chi connectivity index (χ1v) is 5.49. The summed E-state index contributed by atoms with van der Waals surface area (Å²) in [5.41, 5.74) is -0.459. The second-order valence-electron chi connectivity index (χ2n) is 4.62. The standard InChI is InChI=1S/C11H23NO3/c1-5-9(7-6-8-13)12-10(14)15-11(2,3)4/h9,13H,5-8H2,1-4H3,(H,12,14). The van der Waals surface area contributed by atoms with Gasteiger partial charge in [-0.15, -0.1) is 0 Å². The number of aliphatic hydroxyl groups excluding tert-OH is 1. The molecule has 0 saturated heterocycles. The van der Waals surface area contributed by atoms with Crippen molar-refractivity contribution in [2.24, 2.45) is 0 Å². The number of alkyl carbamates (subject to hydrolysis) is 1. The van der Waals surface area contributed by atoms with Gasteiger partial charge in [-0.05, 0) is 40.0 Å². The summed E-state index contributed by atoms with van der Waals surface area (Å²) >= 11 is 0. The minimum Gasteiger partial charge on any atom is -0.444 e. The molecule has 2 N–H and O–H groups in total. The smallest absolute Gasteiger partial charge is 0.407 e. The molecule has 0 aromatic carbocycles. The van der Waals surface area contributed by atoms with Gasteiger partial charge in [0.25, 0.3) is 0 Å². The Balaban J connectivity index is 3.91. The van der Waals surface area contributed by atoms with E-state index in [0.717, 1.165) is 12.8 Å². The van der Waals surface area contributed by atoms with Crippen molar-refractivity contribution >= 4 is 6.09 Å². The minimum absolute atomic E-state index is 0.0898. The van der Waals surface area contributed by atoms with Gasteiger partial charge < -0.3 is 15.2 Å². The van der Waals surface area contributed by atoms with Gasteiger partial charge in [0.2, 0.25) is 0 Å². The largest absolute Gasteiger partial charge is 0.444 e. The van der Waals surface area contributed by atoms with E-state index in [-0.39, 0.29) is 18.7 Å². The Kier molecular flexibility index (Phi) is 6.32. The maximum atomic E-state index is 11.4. The molecule has 90 valence electrons. The van der Waals surface area contributed by atoms with Gasteiger partial charge in [0, 0.05) is 12.6 Å². The van der Waals surface area contributed by atoms with Crippen molar-refractivity contribution in [2.75, 3.05) is 6.61 Å². The van der Waals surface area contributed by atoms with Crippen molar-refractivity contribution < 1.29 is 14.6 Å². The van der Waals surface area contributed by atoms with Crippen molar-refractivity contribution in [1.82, 2.24) is 5.32 Å². The molecule has 0 saturated carbocycles. The molecule has 1 amide bonds. The molecule has 0 radical (unpaired) electrons. The summed E-state index contributed by atoms with van der Waals surface area (Å²) in [5.74, 6) is 0. The van der Waals surface area contributed by atoms with Crippen LogP contribution in [0.1, 0.15) is 47.0 Å². The molecule has 4 heteroatoms. The monoisotopic (exact) mass is 217 g/mol. The van der Waals surface area contributed by atoms with Crippen molar-refractivity contribution in [3.63, 3.8) is 0 Å². The van der Waals surface area contributed by atoms with Gasteiger partial charge in [-0.2, -0.15) is 0 Å². The lowest BCUT2D eigenvalue weighted by molar-refractivity contribution is 0.0498. The van der Waals surface area contributed by atoms with Crippen LogP contribution in [0, 0.1) is 0 Å². The highest BCUT2D eigenvalue weighted by Gasteiger charge is 2.18. The summed E-state index contributed by atoms with van der Waals surface area (Å²) in [5, 5.41) is 11.5. The summed E-state index contributed by atoms with van der Waals surface area (Å²) in [6.07, 6.45) is 1.95. The van der Waals surface area contributed by atoms with Gasteiger partial charge >= 0.3 is 6.09 Å². The zero-order valence-corrected chi connectivity index (χ0v) is 10.2. The number of carbonyl (C=O) groups is 1. The number of rotatable bonds is 5. The second kappa shape index (κ2) is 6.67. The molecule has 0 rings (SSSR count). The van der Waals surface area contributed by atoms with Gasteiger partial charge in [0.15, 0.2) is 0 Å². The average molecular weight is 217 g/mol. The summed E-state index contributed by atoms with van der Waals surface area (Å²) in [6.45, 7) is 7.66. The normalized spacial score (nSPS) is 13.4. The van der Waals surface area contributed by atoms with Crippen molar-refractivity contribution in [3.05, 3.63) is 0 Å². The van der Waals surface area contributed by atoms with Gasteiger partial charge in [0.1, 0.15) is 5.60 Å². The van der Waals surface area contributed by atoms with Gasteiger partial charge in [0.05, 0.1) is 0 Å². The van der Waals surface area contributed by atoms with E-state index in [9.17, 15) is 4.79 Å². The summed E-state index contributed by atoms with van der Waals surface area (Å²) in [4.78, 5) is 11.4. The molecule has 0 aliphatic rings. The number of amides is 1. The fraction of sp³-hybridized carbons (Fsp3) is 0.909. The number of hydrogen-bond donors (Lipinski definition) is 2. The molecule has 0 fully saturated rings. The van der Waals surface area contributed by atoms with Crippen LogP contribution in [-0.2, 0) is 4.74 Å². The summed E-state index contributed by atoms with van der Waals surface area (Å²) < 4.78 is 5.14. The fourth-order valence-electron chi connectivity index (χ4n) is 1.19. The van der Waals surface area contributed by atoms with Gasteiger partial charge in [-0.25, -0.2) is 4.79 Å². The van der Waals surface area contributed by atoms with Gasteiger partial charge in [-0.3, -0.25) is 0 Å². The molecule has 0 bridgehead atoms. The molecule has 0 spiro atoms. The number of nitrogens with one attached hydrogen (secondary N) is 1. The van der Waals surface area contributed by atoms with Crippen molar-refractivity contribution in [2.45, 2.75) is 58.6 Å². The Morgan fingerprint density at radius 2 is 2.07 bits per heavy atom. The van der Waals surface area contributed by atoms with E-state index >= 15 is 0 Å². The molecule has 0 aromatic heterocycles. The lowest BCUT2D eigenvalue weighted by Gasteiger charge is -2.22. The predicted octanol–water partition coefficient (Wildman–Crippen LogP) is 2.06. The first kappa shape index (κ1) is 14.2. The molecule has 1 atom stereocenters. The topological polar surface area (TPSA) is 58.6 Å². The molecule has 1 unspecified atom stereocenters. The van der Waals surface area contributed by atoms with Crippen molar-refractivity contribution in [1.29, 1.82) is 0 Å². The maximum Gasteiger partial charge on any atom is 0.407 e. The zero-order chi connectivity index (χ0) is 11.9. The van der Waals surface area contributed by atoms with E-state index in [1.807, 2.05) is 27.7 Å². The third-order valence-corrected chi connectivity index (χ3v) is 1.92. The highest BCUT2D eigenvalue weighted by Crippen LogP contribution is 2.08. The first-order chi connectivity index (χ1) is 6.89. The average Bonchev–Trinajstić information content (AvgIpc) is 2.09. The van der Waals surface area contributed by atoms with Crippen LogP contribution in [0.4, 0.5) is 4.79 Å². The molecule has 4 nitrogen and oxygen atoms in total. The Hall–Kier alpha value is -0.770. The van der Waals surface area contributed by atoms with Crippen molar-refractivity contribution in [3.8, 4) is 0 Å². The quantitative estimate of drug-likeness (QED) is 0.741. The molecular weight excluding hydrogens is 194 g/mol. The number of carbonyl (C=O) groups excluding carboxylic acids is 1. The van der Waals surface area contributed by atoms with Crippen LogP contribution in [-0.4, -0.2) is 29.4 Å². The second-order valence-corrected chi connectivity index (χ2v) is 4.62. The molecule has 0 heterocycles. The lowest BCUT2D eigenvalue weighted by atomic mass is 10.1. The van der Waals surface area contributed by atoms with Crippen LogP contribution in [0.5, 0.6) is 0 Å². The van der Waals surface area contributed by atoms with E-state index in [1.165, 1.54) is 0 Å². The van der Waals surface area contributed by atoms with E-state index in [4.69, 9.17) is 9.84 Å². The molecular formula is C11H23NO3. The van der Waals surface area contributed by atoms with Crippen LogP contribution in [0.2, 0.25) is 0 Å². The molecule has 0 aliphatic heterocycles. The maximum absolute atomic E-state index is 11.4. The zero-order valence-electron chi connectivity index (χ0n) is 10.2. The Labute approximate surface area is 92.0 Å². The highest BCUT2D eigenvalue weighted by molar-refractivity contribution is 5.68. The third kappa shape index (κ3) is 8.24. The molecule has 0 aromatic rings. The molecule has 0 aliphatic carbocycles. The Morgan fingerprint density at radius 3 is 2.47 bits per heavy atom. The predicted molar refractivity (Wildman–Crippen MR) is 59.8 cm³/mol.